The Morgan fingerprint density at radius 2 is 1.74 bits per heavy atom. The SMILES string of the molecule is Cc1cc2nc(N(CCCN(C)C)C(=O)c3sc4ccccc4c3Cl)sc2cc1C.Cl. The molecule has 0 radical (unpaired) electrons. The number of nitrogens with zero attached hydrogens (tertiary/aromatic N) is 3. The highest BCUT2D eigenvalue weighted by molar-refractivity contribution is 7.23. The number of anilines is 1. The van der Waals surface area contributed by atoms with Crippen LogP contribution in [0.25, 0.3) is 20.3 Å². The lowest BCUT2D eigenvalue weighted by atomic mass is 10.1. The van der Waals surface area contributed by atoms with Gasteiger partial charge in [0.05, 0.1) is 15.2 Å². The van der Waals surface area contributed by atoms with Crippen LogP contribution in [-0.4, -0.2) is 43.0 Å². The van der Waals surface area contributed by atoms with Crippen molar-refractivity contribution >= 4 is 78.0 Å². The number of halogens is 2. The van der Waals surface area contributed by atoms with E-state index < -0.39 is 0 Å². The maximum atomic E-state index is 13.6. The van der Waals surface area contributed by atoms with Gasteiger partial charge in [0, 0.05) is 16.6 Å². The van der Waals surface area contributed by atoms with Crippen LogP contribution in [0.1, 0.15) is 27.2 Å². The summed E-state index contributed by atoms with van der Waals surface area (Å²) in [5.41, 5.74) is 3.37. The molecule has 164 valence electrons. The highest BCUT2D eigenvalue weighted by Crippen LogP contribution is 2.38. The van der Waals surface area contributed by atoms with Crippen LogP contribution in [-0.2, 0) is 0 Å². The summed E-state index contributed by atoms with van der Waals surface area (Å²) in [6.07, 6.45) is 0.856. The number of carbonyl (C=O) groups excluding carboxylic acids is 1. The molecule has 4 rings (SSSR count). The number of rotatable bonds is 6. The molecule has 0 aliphatic heterocycles. The Labute approximate surface area is 201 Å². The van der Waals surface area contributed by atoms with Crippen molar-refractivity contribution in [3.63, 3.8) is 0 Å². The Morgan fingerprint density at radius 1 is 1.03 bits per heavy atom. The summed E-state index contributed by atoms with van der Waals surface area (Å²) in [5.74, 6) is -0.0764. The van der Waals surface area contributed by atoms with Crippen LogP contribution in [0, 0.1) is 13.8 Å². The molecule has 2 aromatic carbocycles. The number of thiophene rings is 1. The fraction of sp³-hybridized carbons (Fsp3) is 0.304. The molecule has 0 atom stereocenters. The average Bonchev–Trinajstić information content (AvgIpc) is 3.26. The summed E-state index contributed by atoms with van der Waals surface area (Å²) in [4.78, 5) is 22.9. The van der Waals surface area contributed by atoms with E-state index in [1.54, 1.807) is 16.2 Å². The minimum Gasteiger partial charge on any atom is -0.309 e. The minimum absolute atomic E-state index is 0. The molecule has 0 N–H and O–H groups in total. The molecule has 0 saturated carbocycles. The molecule has 0 bridgehead atoms. The van der Waals surface area contributed by atoms with Gasteiger partial charge in [0.25, 0.3) is 5.91 Å². The predicted octanol–water partition coefficient (Wildman–Crippen LogP) is 6.80. The summed E-state index contributed by atoms with van der Waals surface area (Å²) in [6.45, 7) is 5.68. The normalized spacial score (nSPS) is 11.3. The molecular formula is C23H25Cl2N3OS2. The lowest BCUT2D eigenvalue weighted by molar-refractivity contribution is 0.0990. The van der Waals surface area contributed by atoms with Gasteiger partial charge in [-0.2, -0.15) is 0 Å². The van der Waals surface area contributed by atoms with Gasteiger partial charge in [-0.3, -0.25) is 9.69 Å². The topological polar surface area (TPSA) is 36.4 Å². The van der Waals surface area contributed by atoms with Gasteiger partial charge in [-0.1, -0.05) is 41.1 Å². The van der Waals surface area contributed by atoms with Gasteiger partial charge in [-0.25, -0.2) is 4.98 Å². The molecule has 0 aliphatic carbocycles. The van der Waals surface area contributed by atoms with Crippen LogP contribution in [0.3, 0.4) is 0 Å². The predicted molar refractivity (Wildman–Crippen MR) is 138 cm³/mol. The van der Waals surface area contributed by atoms with Crippen LogP contribution >= 0.6 is 46.7 Å². The average molecular weight is 495 g/mol. The maximum Gasteiger partial charge on any atom is 0.271 e. The van der Waals surface area contributed by atoms with Crippen molar-refractivity contribution in [3.05, 3.63) is 57.4 Å². The van der Waals surface area contributed by atoms with Crippen LogP contribution < -0.4 is 4.90 Å². The third kappa shape index (κ3) is 4.89. The third-order valence-corrected chi connectivity index (χ3v) is 7.89. The van der Waals surface area contributed by atoms with E-state index in [2.05, 4.69) is 30.9 Å². The number of carbonyl (C=O) groups is 1. The van der Waals surface area contributed by atoms with Gasteiger partial charge in [-0.15, -0.1) is 23.7 Å². The molecule has 2 aromatic heterocycles. The first-order chi connectivity index (χ1) is 14.3. The Balaban J connectivity index is 0.00000272. The van der Waals surface area contributed by atoms with Crippen LogP contribution in [0.15, 0.2) is 36.4 Å². The van der Waals surface area contributed by atoms with Gasteiger partial charge in [0.1, 0.15) is 4.88 Å². The number of amides is 1. The number of fused-ring (bicyclic) bond motifs is 2. The summed E-state index contributed by atoms with van der Waals surface area (Å²) in [7, 11) is 4.08. The number of thiazole rings is 1. The quantitative estimate of drug-likeness (QED) is 0.296. The molecule has 2 heterocycles. The van der Waals surface area contributed by atoms with Gasteiger partial charge in [0.15, 0.2) is 5.13 Å². The highest BCUT2D eigenvalue weighted by Gasteiger charge is 2.26. The summed E-state index contributed by atoms with van der Waals surface area (Å²) in [5, 5.41) is 2.19. The van der Waals surface area contributed by atoms with Crippen molar-refractivity contribution in [2.45, 2.75) is 20.3 Å². The van der Waals surface area contributed by atoms with Gasteiger partial charge in [0.2, 0.25) is 0 Å². The highest BCUT2D eigenvalue weighted by atomic mass is 35.5. The van der Waals surface area contributed by atoms with Crippen molar-refractivity contribution in [3.8, 4) is 0 Å². The molecule has 4 nitrogen and oxygen atoms in total. The summed E-state index contributed by atoms with van der Waals surface area (Å²) in [6, 6.07) is 12.1. The van der Waals surface area contributed by atoms with Gasteiger partial charge >= 0.3 is 0 Å². The number of hydrogen-bond acceptors (Lipinski definition) is 5. The molecule has 4 aromatic rings. The molecule has 0 aliphatic rings. The third-order valence-electron chi connectivity index (χ3n) is 5.18. The number of aryl methyl sites for hydroxylation is 2. The van der Waals surface area contributed by atoms with Crippen molar-refractivity contribution in [1.29, 1.82) is 0 Å². The second-order valence-electron chi connectivity index (χ2n) is 7.76. The zero-order chi connectivity index (χ0) is 21.4. The molecule has 0 unspecified atom stereocenters. The van der Waals surface area contributed by atoms with E-state index in [1.165, 1.54) is 22.5 Å². The van der Waals surface area contributed by atoms with E-state index in [0.717, 1.165) is 38.4 Å². The zero-order valence-electron chi connectivity index (χ0n) is 17.9. The number of benzene rings is 2. The largest absolute Gasteiger partial charge is 0.309 e. The van der Waals surface area contributed by atoms with E-state index in [1.807, 2.05) is 38.4 Å². The first-order valence-electron chi connectivity index (χ1n) is 9.86. The van der Waals surface area contributed by atoms with E-state index in [0.29, 0.717) is 16.4 Å². The second kappa shape index (κ2) is 9.84. The van der Waals surface area contributed by atoms with E-state index >= 15 is 0 Å². The van der Waals surface area contributed by atoms with Crippen molar-refractivity contribution < 1.29 is 4.79 Å². The molecule has 8 heteroatoms. The standard InChI is InChI=1S/C23H24ClN3OS2.ClH/c1-14-12-17-19(13-15(14)2)30-23(25-17)27(11-7-10-26(3)4)22(28)21-20(24)16-8-5-6-9-18(16)29-21;/h5-6,8-9,12-13H,7,10-11H2,1-4H3;1H. The Kier molecular flexibility index (Phi) is 7.60. The maximum absolute atomic E-state index is 13.6. The van der Waals surface area contributed by atoms with Crippen molar-refractivity contribution in [1.82, 2.24) is 9.88 Å². The fourth-order valence-electron chi connectivity index (χ4n) is 3.39. The minimum atomic E-state index is -0.0764. The van der Waals surface area contributed by atoms with Gasteiger partial charge in [-0.05, 0) is 70.2 Å². The molecule has 0 saturated heterocycles. The van der Waals surface area contributed by atoms with Crippen LogP contribution in [0.4, 0.5) is 5.13 Å². The Bertz CT molecular complexity index is 1190. The van der Waals surface area contributed by atoms with Crippen LogP contribution in [0.2, 0.25) is 5.02 Å². The molecule has 31 heavy (non-hydrogen) atoms. The van der Waals surface area contributed by atoms with Crippen molar-refractivity contribution in [2.24, 2.45) is 0 Å². The van der Waals surface area contributed by atoms with Crippen molar-refractivity contribution in [2.75, 3.05) is 32.1 Å². The Morgan fingerprint density at radius 3 is 2.45 bits per heavy atom. The fourth-order valence-corrected chi connectivity index (χ4v) is 5.92. The molecular weight excluding hydrogens is 469 g/mol. The molecule has 1 amide bonds. The Hall–Kier alpha value is -1.70. The first kappa shape index (κ1) is 24.0. The lowest BCUT2D eigenvalue weighted by Crippen LogP contribution is -2.33. The van der Waals surface area contributed by atoms with Gasteiger partial charge < -0.3 is 4.90 Å². The smallest absolute Gasteiger partial charge is 0.271 e. The lowest BCUT2D eigenvalue weighted by Gasteiger charge is -2.20. The first-order valence-corrected chi connectivity index (χ1v) is 11.9. The van der Waals surface area contributed by atoms with E-state index in [9.17, 15) is 4.79 Å². The second-order valence-corrected chi connectivity index (χ2v) is 10.2. The van der Waals surface area contributed by atoms with E-state index in [4.69, 9.17) is 16.6 Å². The summed E-state index contributed by atoms with van der Waals surface area (Å²) >= 11 is 9.64. The summed E-state index contributed by atoms with van der Waals surface area (Å²) < 4.78 is 2.12. The molecule has 0 fully saturated rings. The van der Waals surface area contributed by atoms with Crippen LogP contribution in [0.5, 0.6) is 0 Å². The zero-order valence-corrected chi connectivity index (χ0v) is 21.1. The molecule has 0 spiro atoms. The number of hydrogen-bond donors (Lipinski definition) is 0. The monoisotopic (exact) mass is 493 g/mol. The number of aromatic nitrogens is 1. The van der Waals surface area contributed by atoms with E-state index in [-0.39, 0.29) is 18.3 Å².